The highest BCUT2D eigenvalue weighted by atomic mass is 19.4. The van der Waals surface area contributed by atoms with Crippen LogP contribution in [0.4, 0.5) is 24.5 Å². The van der Waals surface area contributed by atoms with Gasteiger partial charge in [0.1, 0.15) is 11.5 Å². The number of carbonyl (C=O) groups is 4. The SMILES string of the molecule is O=C1[C@H]2[C@H](CC=C3[C@H]2C[C@H]2C(=O)N(c4cccc(B(O)O)c4)C(=O)[C@H]2[C@H]3c2cc(OC(F)(F)F)ccc2O)C(=O)N1c1cccc(B(O)O)c1. The van der Waals surface area contributed by atoms with Crippen LogP contribution in [0.3, 0.4) is 0 Å². The molecular weight excluding hydrogens is 663 g/mol. The molecule has 2 heterocycles. The zero-order valence-electron chi connectivity index (χ0n) is 25.8. The van der Waals surface area contributed by atoms with Crippen molar-refractivity contribution in [2.24, 2.45) is 29.6 Å². The Balaban J connectivity index is 1.35. The van der Waals surface area contributed by atoms with Crippen molar-refractivity contribution in [1.82, 2.24) is 0 Å². The van der Waals surface area contributed by atoms with E-state index in [0.29, 0.717) is 5.57 Å². The van der Waals surface area contributed by atoms with Crippen LogP contribution in [0.25, 0.3) is 0 Å². The van der Waals surface area contributed by atoms with Crippen molar-refractivity contribution in [2.75, 3.05) is 9.80 Å². The topological polar surface area (TPSA) is 185 Å². The number of phenolic OH excluding ortho intramolecular Hbond substituents is 1. The zero-order chi connectivity index (χ0) is 35.8. The fourth-order valence-corrected chi connectivity index (χ4v) is 8.07. The van der Waals surface area contributed by atoms with Gasteiger partial charge in [-0.05, 0) is 72.1 Å². The summed E-state index contributed by atoms with van der Waals surface area (Å²) >= 11 is 0. The molecule has 4 amide bonds. The monoisotopic (exact) mass is 690 g/mol. The van der Waals surface area contributed by atoms with Gasteiger partial charge in [0.2, 0.25) is 23.6 Å². The van der Waals surface area contributed by atoms with Crippen molar-refractivity contribution in [3.05, 3.63) is 83.9 Å². The van der Waals surface area contributed by atoms with E-state index in [0.717, 1.165) is 28.0 Å². The molecule has 0 unspecified atom stereocenters. The first kappa shape index (κ1) is 33.5. The van der Waals surface area contributed by atoms with Gasteiger partial charge < -0.3 is 29.9 Å². The smallest absolute Gasteiger partial charge is 0.508 e. The maximum atomic E-state index is 14.3. The van der Waals surface area contributed by atoms with Gasteiger partial charge in [-0.15, -0.1) is 13.2 Å². The van der Waals surface area contributed by atoms with Crippen molar-refractivity contribution in [1.29, 1.82) is 0 Å². The van der Waals surface area contributed by atoms with Crippen LogP contribution in [-0.2, 0) is 19.2 Å². The lowest BCUT2D eigenvalue weighted by Crippen LogP contribution is -2.43. The Morgan fingerprint density at radius 3 is 1.82 bits per heavy atom. The van der Waals surface area contributed by atoms with Gasteiger partial charge in [-0.25, -0.2) is 0 Å². The third-order valence-corrected chi connectivity index (χ3v) is 10.1. The number of imide groups is 2. The summed E-state index contributed by atoms with van der Waals surface area (Å²) in [6, 6.07) is 13.8. The molecule has 5 N–H and O–H groups in total. The van der Waals surface area contributed by atoms with Gasteiger partial charge in [0, 0.05) is 11.5 Å². The number of halogens is 3. The Kier molecular flexibility index (Phi) is 8.13. The molecule has 4 aliphatic rings. The summed E-state index contributed by atoms with van der Waals surface area (Å²) in [6.07, 6.45) is -3.56. The minimum absolute atomic E-state index is 0.00440. The molecule has 6 atom stereocenters. The lowest BCUT2D eigenvalue weighted by atomic mass is 9.57. The zero-order valence-corrected chi connectivity index (χ0v) is 25.8. The van der Waals surface area contributed by atoms with Crippen molar-refractivity contribution in [3.63, 3.8) is 0 Å². The summed E-state index contributed by atoms with van der Waals surface area (Å²) in [5, 5.41) is 49.9. The van der Waals surface area contributed by atoms with E-state index in [9.17, 15) is 57.6 Å². The van der Waals surface area contributed by atoms with Gasteiger partial charge in [-0.3, -0.25) is 29.0 Å². The highest BCUT2D eigenvalue weighted by Crippen LogP contribution is 2.59. The first-order valence-corrected chi connectivity index (χ1v) is 15.6. The Hall–Kier alpha value is -4.96. The number of nitrogens with zero attached hydrogens (tertiary/aromatic N) is 2. The van der Waals surface area contributed by atoms with Crippen molar-refractivity contribution in [3.8, 4) is 11.5 Å². The number of hydrogen-bond donors (Lipinski definition) is 5. The number of benzene rings is 3. The molecule has 2 aliphatic carbocycles. The average Bonchev–Trinajstić information content (AvgIpc) is 3.47. The van der Waals surface area contributed by atoms with Gasteiger partial charge in [-0.2, -0.15) is 0 Å². The molecule has 3 aromatic rings. The van der Waals surface area contributed by atoms with E-state index in [1.807, 2.05) is 0 Å². The Labute approximate surface area is 282 Å². The largest absolute Gasteiger partial charge is 0.573 e. The highest BCUT2D eigenvalue weighted by molar-refractivity contribution is 6.59. The maximum Gasteiger partial charge on any atom is 0.573 e. The number of allylic oxidation sites excluding steroid dienone is 2. The molecule has 0 spiro atoms. The Bertz CT molecular complexity index is 1970. The summed E-state index contributed by atoms with van der Waals surface area (Å²) in [5.41, 5.74) is 0.342. The van der Waals surface area contributed by atoms with Crippen LogP contribution in [0.15, 0.2) is 78.4 Å². The second-order valence-corrected chi connectivity index (χ2v) is 12.8. The van der Waals surface area contributed by atoms with E-state index >= 15 is 0 Å². The molecule has 0 radical (unpaired) electrons. The molecule has 17 heteroatoms. The maximum absolute atomic E-state index is 14.3. The molecule has 2 saturated heterocycles. The number of phenols is 1. The minimum atomic E-state index is -5.09. The number of amides is 4. The Morgan fingerprint density at radius 2 is 1.26 bits per heavy atom. The van der Waals surface area contributed by atoms with Gasteiger partial charge in [0.15, 0.2) is 0 Å². The lowest BCUT2D eigenvalue weighted by Gasteiger charge is -2.44. The van der Waals surface area contributed by atoms with Gasteiger partial charge in [-0.1, -0.05) is 35.9 Å². The van der Waals surface area contributed by atoms with Crippen LogP contribution in [0.2, 0.25) is 0 Å². The number of fused-ring (bicyclic) bond motifs is 4. The second kappa shape index (κ2) is 12.1. The summed E-state index contributed by atoms with van der Waals surface area (Å²) in [4.78, 5) is 58.2. The summed E-state index contributed by atoms with van der Waals surface area (Å²) in [7, 11) is -3.81. The molecule has 12 nitrogen and oxygen atoms in total. The lowest BCUT2D eigenvalue weighted by molar-refractivity contribution is -0.274. The van der Waals surface area contributed by atoms with Crippen molar-refractivity contribution >= 4 is 60.2 Å². The molecule has 2 aliphatic heterocycles. The van der Waals surface area contributed by atoms with Gasteiger partial charge >= 0.3 is 20.6 Å². The third-order valence-electron chi connectivity index (χ3n) is 10.1. The van der Waals surface area contributed by atoms with E-state index in [-0.39, 0.29) is 40.7 Å². The summed E-state index contributed by atoms with van der Waals surface area (Å²) in [6.45, 7) is 0. The molecule has 256 valence electrons. The predicted octanol–water partition coefficient (Wildman–Crippen LogP) is 0.696. The number of hydrogen-bond acceptors (Lipinski definition) is 10. The number of ether oxygens (including phenoxy) is 1. The van der Waals surface area contributed by atoms with E-state index in [1.165, 1.54) is 48.5 Å². The van der Waals surface area contributed by atoms with Crippen molar-refractivity contribution in [2.45, 2.75) is 25.1 Å². The van der Waals surface area contributed by atoms with Crippen LogP contribution in [-0.4, -0.2) is 69.4 Å². The van der Waals surface area contributed by atoms with Crippen molar-refractivity contribution < 1.29 is 62.3 Å². The standard InChI is InChI=1S/C33H27B2F3N2O10/c36-33(37,38)50-19-7-10-25(41)23(13-19)26-20-8-9-21-27(31(44)39(29(21)42)17-5-1-3-15(11-17)34(46)47)22(20)14-24-28(26)32(45)40(30(24)43)18-6-2-4-16(12-18)35(48)49/h1-8,10-13,21-22,24,26-28,41,46-49H,9,14H2/t21-,22+,24+,26+,27-,28+/m0/s1. The minimum Gasteiger partial charge on any atom is -0.508 e. The number of carbonyl (C=O) groups excluding carboxylic acids is 4. The number of alkyl halides is 3. The molecule has 0 bridgehead atoms. The molecule has 1 saturated carbocycles. The number of anilines is 2. The van der Waals surface area contributed by atoms with Crippen LogP contribution >= 0.6 is 0 Å². The molecule has 3 aromatic carbocycles. The normalized spacial score (nSPS) is 26.0. The molecule has 50 heavy (non-hydrogen) atoms. The average molecular weight is 690 g/mol. The molecule has 3 fully saturated rings. The molecular formula is C33H27B2F3N2O10. The number of aromatic hydroxyl groups is 1. The van der Waals surface area contributed by atoms with E-state index in [2.05, 4.69) is 4.74 Å². The fraction of sp³-hybridized carbons (Fsp3) is 0.273. The van der Waals surface area contributed by atoms with Crippen LogP contribution in [0.1, 0.15) is 24.3 Å². The van der Waals surface area contributed by atoms with E-state index in [4.69, 9.17) is 0 Å². The second-order valence-electron chi connectivity index (χ2n) is 12.8. The van der Waals surface area contributed by atoms with Crippen LogP contribution in [0.5, 0.6) is 11.5 Å². The van der Waals surface area contributed by atoms with E-state index < -0.39 is 91.2 Å². The van der Waals surface area contributed by atoms with Crippen LogP contribution in [0, 0.1) is 29.6 Å². The van der Waals surface area contributed by atoms with Crippen LogP contribution < -0.4 is 25.5 Å². The predicted molar refractivity (Wildman–Crippen MR) is 170 cm³/mol. The summed E-state index contributed by atoms with van der Waals surface area (Å²) in [5.74, 6) is -10.4. The quantitative estimate of drug-likeness (QED) is 0.140. The highest BCUT2D eigenvalue weighted by Gasteiger charge is 2.62. The molecule has 0 aromatic heterocycles. The first-order chi connectivity index (χ1) is 23.7. The third kappa shape index (κ3) is 5.46. The fourth-order valence-electron chi connectivity index (χ4n) is 8.07. The summed E-state index contributed by atoms with van der Waals surface area (Å²) < 4.78 is 43.9. The Morgan fingerprint density at radius 1 is 0.700 bits per heavy atom. The first-order valence-electron chi connectivity index (χ1n) is 15.6. The van der Waals surface area contributed by atoms with E-state index in [1.54, 1.807) is 6.08 Å². The molecule has 7 rings (SSSR count). The van der Waals surface area contributed by atoms with Gasteiger partial charge in [0.05, 0.1) is 35.0 Å². The van der Waals surface area contributed by atoms with Gasteiger partial charge in [0.25, 0.3) is 0 Å². The number of rotatable bonds is 6.